The van der Waals surface area contributed by atoms with Crippen LogP contribution in [-0.4, -0.2) is 17.9 Å². The lowest BCUT2D eigenvalue weighted by atomic mass is 10.0. The third-order valence-corrected chi connectivity index (χ3v) is 2.19. The lowest BCUT2D eigenvalue weighted by Gasteiger charge is -2.14. The van der Waals surface area contributed by atoms with Crippen molar-refractivity contribution in [3.63, 3.8) is 0 Å². The molecular formula is C11H16N2O. The molecule has 0 aromatic heterocycles. The first-order valence-corrected chi connectivity index (χ1v) is 4.70. The SMILES string of the molecule is CC(N)C(N)CC(=O)c1ccccc1. The highest BCUT2D eigenvalue weighted by molar-refractivity contribution is 5.96. The summed E-state index contributed by atoms with van der Waals surface area (Å²) in [4.78, 5) is 11.6. The van der Waals surface area contributed by atoms with Crippen molar-refractivity contribution in [2.24, 2.45) is 11.5 Å². The lowest BCUT2D eigenvalue weighted by molar-refractivity contribution is 0.0971. The molecule has 3 nitrogen and oxygen atoms in total. The molecule has 0 amide bonds. The van der Waals surface area contributed by atoms with Gasteiger partial charge < -0.3 is 11.5 Å². The van der Waals surface area contributed by atoms with Gasteiger partial charge in [0, 0.05) is 24.1 Å². The fourth-order valence-electron chi connectivity index (χ4n) is 1.14. The Labute approximate surface area is 84.1 Å². The molecule has 2 atom stereocenters. The molecule has 1 rings (SSSR count). The van der Waals surface area contributed by atoms with Gasteiger partial charge in [-0.1, -0.05) is 30.3 Å². The first-order chi connectivity index (χ1) is 6.61. The summed E-state index contributed by atoms with van der Waals surface area (Å²) in [7, 11) is 0. The Bertz CT molecular complexity index is 295. The summed E-state index contributed by atoms with van der Waals surface area (Å²) in [6.07, 6.45) is 0.307. The molecule has 0 fully saturated rings. The minimum atomic E-state index is -0.261. The van der Waals surface area contributed by atoms with Crippen molar-refractivity contribution in [3.8, 4) is 0 Å². The average molecular weight is 192 g/mol. The molecule has 0 aliphatic carbocycles. The second-order valence-electron chi connectivity index (χ2n) is 3.52. The van der Waals surface area contributed by atoms with E-state index < -0.39 is 0 Å². The van der Waals surface area contributed by atoms with E-state index in [9.17, 15) is 4.79 Å². The van der Waals surface area contributed by atoms with Crippen molar-refractivity contribution >= 4 is 5.78 Å². The van der Waals surface area contributed by atoms with Crippen LogP contribution >= 0.6 is 0 Å². The highest BCUT2D eigenvalue weighted by atomic mass is 16.1. The Morgan fingerprint density at radius 3 is 2.36 bits per heavy atom. The molecule has 1 aromatic rings. The third-order valence-electron chi connectivity index (χ3n) is 2.19. The fourth-order valence-corrected chi connectivity index (χ4v) is 1.14. The summed E-state index contributed by atoms with van der Waals surface area (Å²) in [6.45, 7) is 1.81. The highest BCUT2D eigenvalue weighted by Gasteiger charge is 2.14. The van der Waals surface area contributed by atoms with E-state index >= 15 is 0 Å². The molecule has 2 unspecified atom stereocenters. The first-order valence-electron chi connectivity index (χ1n) is 4.70. The summed E-state index contributed by atoms with van der Waals surface area (Å²) < 4.78 is 0. The second-order valence-corrected chi connectivity index (χ2v) is 3.52. The Morgan fingerprint density at radius 1 is 1.29 bits per heavy atom. The molecule has 0 spiro atoms. The maximum absolute atomic E-state index is 11.6. The maximum Gasteiger partial charge on any atom is 0.164 e. The van der Waals surface area contributed by atoms with Crippen LogP contribution in [0.3, 0.4) is 0 Å². The molecule has 0 aliphatic rings. The number of Topliss-reactive ketones (excluding diaryl/α,β-unsaturated/α-hetero) is 1. The summed E-state index contributed by atoms with van der Waals surface area (Å²) in [5, 5.41) is 0. The number of ketones is 1. The van der Waals surface area contributed by atoms with Crippen LogP contribution in [0.4, 0.5) is 0 Å². The molecule has 1 aromatic carbocycles. The van der Waals surface area contributed by atoms with Gasteiger partial charge in [-0.15, -0.1) is 0 Å². The van der Waals surface area contributed by atoms with Crippen LogP contribution in [0.15, 0.2) is 30.3 Å². The zero-order valence-electron chi connectivity index (χ0n) is 8.31. The predicted molar refractivity (Wildman–Crippen MR) is 57.0 cm³/mol. The van der Waals surface area contributed by atoms with E-state index in [4.69, 9.17) is 11.5 Å². The summed E-state index contributed by atoms with van der Waals surface area (Å²) in [5.74, 6) is 0.0513. The molecule has 3 heteroatoms. The standard InChI is InChI=1S/C11H16N2O/c1-8(12)10(13)7-11(14)9-5-3-2-4-6-9/h2-6,8,10H,7,12-13H2,1H3. The molecule has 0 aliphatic heterocycles. The number of benzene rings is 1. The van der Waals surface area contributed by atoms with Crippen LogP contribution in [0.25, 0.3) is 0 Å². The van der Waals surface area contributed by atoms with E-state index in [1.54, 1.807) is 12.1 Å². The van der Waals surface area contributed by atoms with Gasteiger partial charge in [0.1, 0.15) is 0 Å². The minimum absolute atomic E-state index is 0.0513. The highest BCUT2D eigenvalue weighted by Crippen LogP contribution is 2.05. The van der Waals surface area contributed by atoms with Crippen LogP contribution in [0.5, 0.6) is 0 Å². The van der Waals surface area contributed by atoms with E-state index in [0.717, 1.165) is 0 Å². The summed E-state index contributed by atoms with van der Waals surface area (Å²) >= 11 is 0. The maximum atomic E-state index is 11.6. The number of nitrogens with two attached hydrogens (primary N) is 2. The van der Waals surface area contributed by atoms with E-state index in [1.807, 2.05) is 25.1 Å². The predicted octanol–water partition coefficient (Wildman–Crippen LogP) is 0.934. The topological polar surface area (TPSA) is 69.1 Å². The zero-order valence-corrected chi connectivity index (χ0v) is 8.31. The molecule has 14 heavy (non-hydrogen) atoms. The van der Waals surface area contributed by atoms with Crippen molar-refractivity contribution in [1.82, 2.24) is 0 Å². The zero-order chi connectivity index (χ0) is 10.6. The summed E-state index contributed by atoms with van der Waals surface area (Å²) in [6, 6.07) is 8.72. The summed E-state index contributed by atoms with van der Waals surface area (Å²) in [5.41, 5.74) is 12.0. The molecule has 0 bridgehead atoms. The molecule has 0 heterocycles. The molecule has 0 saturated heterocycles. The van der Waals surface area contributed by atoms with Gasteiger partial charge in [-0.3, -0.25) is 4.79 Å². The third kappa shape index (κ3) is 2.94. The van der Waals surface area contributed by atoms with Gasteiger partial charge >= 0.3 is 0 Å². The second kappa shape index (κ2) is 4.88. The normalized spacial score (nSPS) is 14.8. The Balaban J connectivity index is 2.60. The lowest BCUT2D eigenvalue weighted by Crippen LogP contribution is -2.40. The number of carbonyl (C=O) groups is 1. The quantitative estimate of drug-likeness (QED) is 0.697. The number of hydrogen-bond acceptors (Lipinski definition) is 3. The van der Waals surface area contributed by atoms with E-state index in [0.29, 0.717) is 12.0 Å². The van der Waals surface area contributed by atoms with Gasteiger partial charge in [0.05, 0.1) is 0 Å². The smallest absolute Gasteiger partial charge is 0.164 e. The van der Waals surface area contributed by atoms with Gasteiger partial charge in [-0.05, 0) is 6.92 Å². The van der Waals surface area contributed by atoms with Crippen LogP contribution in [0.2, 0.25) is 0 Å². The number of carbonyl (C=O) groups excluding carboxylic acids is 1. The number of hydrogen-bond donors (Lipinski definition) is 2. The minimum Gasteiger partial charge on any atom is -0.327 e. The Hall–Kier alpha value is -1.19. The largest absolute Gasteiger partial charge is 0.327 e. The van der Waals surface area contributed by atoms with Crippen LogP contribution < -0.4 is 11.5 Å². The van der Waals surface area contributed by atoms with Crippen molar-refractivity contribution in [3.05, 3.63) is 35.9 Å². The van der Waals surface area contributed by atoms with Gasteiger partial charge in [0.2, 0.25) is 0 Å². The van der Waals surface area contributed by atoms with E-state index in [1.165, 1.54) is 0 Å². The monoisotopic (exact) mass is 192 g/mol. The van der Waals surface area contributed by atoms with Gasteiger partial charge in [0.25, 0.3) is 0 Å². The Kier molecular flexibility index (Phi) is 3.80. The van der Waals surface area contributed by atoms with Crippen LogP contribution in [0, 0.1) is 0 Å². The molecule has 4 N–H and O–H groups in total. The number of rotatable bonds is 4. The average Bonchev–Trinajstić information content (AvgIpc) is 2.19. The van der Waals surface area contributed by atoms with E-state index in [2.05, 4.69) is 0 Å². The van der Waals surface area contributed by atoms with Gasteiger partial charge in [-0.25, -0.2) is 0 Å². The van der Waals surface area contributed by atoms with Gasteiger partial charge in [0.15, 0.2) is 5.78 Å². The van der Waals surface area contributed by atoms with Crippen molar-refractivity contribution in [2.45, 2.75) is 25.4 Å². The van der Waals surface area contributed by atoms with Gasteiger partial charge in [-0.2, -0.15) is 0 Å². The molecule has 0 saturated carbocycles. The van der Waals surface area contributed by atoms with Crippen molar-refractivity contribution < 1.29 is 4.79 Å². The van der Waals surface area contributed by atoms with Crippen LogP contribution in [0.1, 0.15) is 23.7 Å². The van der Waals surface area contributed by atoms with Crippen LogP contribution in [-0.2, 0) is 0 Å². The first kappa shape index (κ1) is 10.9. The fraction of sp³-hybridized carbons (Fsp3) is 0.364. The molecule has 76 valence electrons. The Morgan fingerprint density at radius 2 is 1.86 bits per heavy atom. The van der Waals surface area contributed by atoms with Crippen molar-refractivity contribution in [1.29, 1.82) is 0 Å². The van der Waals surface area contributed by atoms with Crippen molar-refractivity contribution in [2.75, 3.05) is 0 Å². The molecular weight excluding hydrogens is 176 g/mol. The van der Waals surface area contributed by atoms with E-state index in [-0.39, 0.29) is 17.9 Å². The molecule has 0 radical (unpaired) electrons.